The number of benzene rings is 1. The highest BCUT2D eigenvalue weighted by Crippen LogP contribution is 2.46. The number of amides is 1. The van der Waals surface area contributed by atoms with Crippen molar-refractivity contribution < 1.29 is 9.53 Å². The van der Waals surface area contributed by atoms with E-state index >= 15 is 0 Å². The van der Waals surface area contributed by atoms with Crippen LogP contribution in [0, 0.1) is 11.3 Å². The zero-order valence-electron chi connectivity index (χ0n) is 9.69. The van der Waals surface area contributed by atoms with Gasteiger partial charge in [0.2, 0.25) is 5.91 Å². The average Bonchev–Trinajstić information content (AvgIpc) is 2.28. The van der Waals surface area contributed by atoms with E-state index in [4.69, 9.17) is 10.5 Å². The van der Waals surface area contributed by atoms with Crippen LogP contribution in [0.15, 0.2) is 18.2 Å². The Labute approximate surface area is 100.0 Å². The number of ether oxygens (including phenoxy) is 1. The van der Waals surface area contributed by atoms with Crippen LogP contribution in [0.1, 0.15) is 35.2 Å². The number of primary amides is 1. The van der Waals surface area contributed by atoms with Crippen LogP contribution in [0.25, 0.3) is 0 Å². The summed E-state index contributed by atoms with van der Waals surface area (Å²) in [6.07, 6.45) is 2.64. The fourth-order valence-corrected chi connectivity index (χ4v) is 2.21. The minimum Gasteiger partial charge on any atom is -0.496 e. The summed E-state index contributed by atoms with van der Waals surface area (Å²) >= 11 is 0. The maximum absolute atomic E-state index is 11.2. The lowest BCUT2D eigenvalue weighted by Gasteiger charge is -2.36. The molecule has 0 bridgehead atoms. The Hall–Kier alpha value is -2.02. The van der Waals surface area contributed by atoms with Crippen LogP contribution >= 0.6 is 0 Å². The van der Waals surface area contributed by atoms with Crippen LogP contribution in [0.4, 0.5) is 0 Å². The van der Waals surface area contributed by atoms with Gasteiger partial charge in [-0.2, -0.15) is 5.26 Å². The van der Waals surface area contributed by atoms with Crippen molar-refractivity contribution in [2.24, 2.45) is 5.73 Å². The van der Waals surface area contributed by atoms with Gasteiger partial charge in [-0.3, -0.25) is 4.79 Å². The Bertz CT molecular complexity index is 499. The van der Waals surface area contributed by atoms with E-state index in [9.17, 15) is 10.1 Å². The van der Waals surface area contributed by atoms with Gasteiger partial charge in [0, 0.05) is 11.1 Å². The molecule has 4 nitrogen and oxygen atoms in total. The number of carbonyl (C=O) groups is 1. The van der Waals surface area contributed by atoms with E-state index in [1.54, 1.807) is 25.3 Å². The maximum Gasteiger partial charge on any atom is 0.248 e. The molecule has 0 aromatic heterocycles. The van der Waals surface area contributed by atoms with E-state index in [0.29, 0.717) is 11.3 Å². The number of nitrogens with two attached hydrogens (primary N) is 1. The number of hydrogen-bond donors (Lipinski definition) is 1. The van der Waals surface area contributed by atoms with Crippen LogP contribution in [-0.4, -0.2) is 13.0 Å². The Morgan fingerprint density at radius 3 is 2.65 bits per heavy atom. The van der Waals surface area contributed by atoms with Gasteiger partial charge in [-0.1, -0.05) is 0 Å². The van der Waals surface area contributed by atoms with Gasteiger partial charge < -0.3 is 10.5 Å². The number of methoxy groups -OCH3 is 1. The molecule has 1 saturated carbocycles. The van der Waals surface area contributed by atoms with Gasteiger partial charge in [0.15, 0.2) is 0 Å². The minimum absolute atomic E-state index is 0.419. The van der Waals surface area contributed by atoms with Crippen LogP contribution in [0.3, 0.4) is 0 Å². The summed E-state index contributed by atoms with van der Waals surface area (Å²) in [6, 6.07) is 7.34. The van der Waals surface area contributed by atoms with Gasteiger partial charge in [-0.25, -0.2) is 0 Å². The van der Waals surface area contributed by atoms with Gasteiger partial charge in [-0.05, 0) is 37.5 Å². The molecule has 1 aromatic rings. The minimum atomic E-state index is -0.503. The summed E-state index contributed by atoms with van der Waals surface area (Å²) < 4.78 is 5.26. The molecule has 17 heavy (non-hydrogen) atoms. The van der Waals surface area contributed by atoms with Crippen molar-refractivity contribution in [3.8, 4) is 11.8 Å². The molecule has 0 spiro atoms. The van der Waals surface area contributed by atoms with Crippen molar-refractivity contribution in [1.82, 2.24) is 0 Å². The first kappa shape index (κ1) is 11.5. The summed E-state index contributed by atoms with van der Waals surface area (Å²) in [7, 11) is 1.56. The molecule has 0 saturated heterocycles. The third-order valence-corrected chi connectivity index (χ3v) is 3.42. The summed E-state index contributed by atoms with van der Waals surface area (Å²) in [6.45, 7) is 0. The topological polar surface area (TPSA) is 76.1 Å². The number of nitriles is 1. The normalized spacial score (nSPS) is 16.7. The van der Waals surface area contributed by atoms with Crippen molar-refractivity contribution >= 4 is 5.91 Å². The molecule has 1 fully saturated rings. The fraction of sp³-hybridized carbons (Fsp3) is 0.385. The van der Waals surface area contributed by atoms with E-state index in [1.165, 1.54) is 0 Å². The lowest BCUT2D eigenvalue weighted by Crippen LogP contribution is -2.33. The van der Waals surface area contributed by atoms with Gasteiger partial charge in [0.1, 0.15) is 5.75 Å². The van der Waals surface area contributed by atoms with E-state index < -0.39 is 11.3 Å². The first-order valence-corrected chi connectivity index (χ1v) is 5.52. The van der Waals surface area contributed by atoms with Crippen LogP contribution in [-0.2, 0) is 5.41 Å². The molecule has 0 atom stereocenters. The second-order valence-electron chi connectivity index (χ2n) is 4.33. The Balaban J connectivity index is 2.54. The van der Waals surface area contributed by atoms with Gasteiger partial charge in [-0.15, -0.1) is 0 Å². The molecule has 0 aliphatic heterocycles. The van der Waals surface area contributed by atoms with Crippen LogP contribution < -0.4 is 10.5 Å². The standard InChI is InChI=1S/C13H14N2O2/c1-17-11-4-3-9(12(15)16)7-10(11)13(8-14)5-2-6-13/h3-4,7H,2,5-6H2,1H3,(H2,15,16). The third-order valence-electron chi connectivity index (χ3n) is 3.42. The fourth-order valence-electron chi connectivity index (χ4n) is 2.21. The highest BCUT2D eigenvalue weighted by molar-refractivity contribution is 5.93. The summed E-state index contributed by atoms with van der Waals surface area (Å²) in [4.78, 5) is 11.2. The van der Waals surface area contributed by atoms with Crippen molar-refractivity contribution in [1.29, 1.82) is 5.26 Å². The highest BCUT2D eigenvalue weighted by Gasteiger charge is 2.41. The Morgan fingerprint density at radius 1 is 1.53 bits per heavy atom. The first-order chi connectivity index (χ1) is 8.13. The van der Waals surface area contributed by atoms with E-state index in [2.05, 4.69) is 6.07 Å². The zero-order chi connectivity index (χ0) is 12.5. The lowest BCUT2D eigenvalue weighted by atomic mass is 9.65. The molecule has 88 valence electrons. The molecule has 1 aromatic carbocycles. The van der Waals surface area contributed by atoms with E-state index in [1.807, 2.05) is 0 Å². The highest BCUT2D eigenvalue weighted by atomic mass is 16.5. The molecule has 1 aliphatic rings. The van der Waals surface area contributed by atoms with Crippen LogP contribution in [0.5, 0.6) is 5.75 Å². The van der Waals surface area contributed by atoms with Crippen molar-refractivity contribution in [2.45, 2.75) is 24.7 Å². The van der Waals surface area contributed by atoms with Gasteiger partial charge >= 0.3 is 0 Å². The molecule has 1 aliphatic carbocycles. The second kappa shape index (κ2) is 4.10. The monoisotopic (exact) mass is 230 g/mol. The molecular weight excluding hydrogens is 216 g/mol. The Kier molecular flexibility index (Phi) is 2.76. The molecule has 0 unspecified atom stereocenters. The largest absolute Gasteiger partial charge is 0.496 e. The van der Waals surface area contributed by atoms with Gasteiger partial charge in [0.25, 0.3) is 0 Å². The molecule has 2 rings (SSSR count). The van der Waals surface area contributed by atoms with Gasteiger partial charge in [0.05, 0.1) is 18.6 Å². The number of nitrogens with zero attached hydrogens (tertiary/aromatic N) is 1. The summed E-state index contributed by atoms with van der Waals surface area (Å²) in [5.41, 5.74) is 5.95. The van der Waals surface area contributed by atoms with Crippen molar-refractivity contribution in [3.05, 3.63) is 29.3 Å². The zero-order valence-corrected chi connectivity index (χ0v) is 9.69. The van der Waals surface area contributed by atoms with Crippen molar-refractivity contribution in [3.63, 3.8) is 0 Å². The molecule has 0 radical (unpaired) electrons. The molecule has 4 heteroatoms. The molecule has 1 amide bonds. The smallest absolute Gasteiger partial charge is 0.248 e. The Morgan fingerprint density at radius 2 is 2.24 bits per heavy atom. The quantitative estimate of drug-likeness (QED) is 0.859. The average molecular weight is 230 g/mol. The predicted molar refractivity (Wildman–Crippen MR) is 62.7 cm³/mol. The number of carbonyl (C=O) groups excluding carboxylic acids is 1. The molecular formula is C13H14N2O2. The van der Waals surface area contributed by atoms with Crippen LogP contribution in [0.2, 0.25) is 0 Å². The van der Waals surface area contributed by atoms with E-state index in [0.717, 1.165) is 24.8 Å². The number of hydrogen-bond acceptors (Lipinski definition) is 3. The van der Waals surface area contributed by atoms with E-state index in [-0.39, 0.29) is 0 Å². The predicted octanol–water partition coefficient (Wildman–Crippen LogP) is 1.74. The number of rotatable bonds is 3. The SMILES string of the molecule is COc1ccc(C(N)=O)cc1C1(C#N)CCC1. The second-order valence-corrected chi connectivity index (χ2v) is 4.33. The lowest BCUT2D eigenvalue weighted by molar-refractivity contribution is 0.1000. The first-order valence-electron chi connectivity index (χ1n) is 5.52. The summed E-state index contributed by atoms with van der Waals surface area (Å²) in [5, 5.41) is 9.32. The maximum atomic E-state index is 11.2. The molecule has 0 heterocycles. The van der Waals surface area contributed by atoms with Crippen molar-refractivity contribution in [2.75, 3.05) is 7.11 Å². The molecule has 2 N–H and O–H groups in total. The summed E-state index contributed by atoms with van der Waals surface area (Å²) in [5.74, 6) is 0.164. The third kappa shape index (κ3) is 1.74.